The summed E-state index contributed by atoms with van der Waals surface area (Å²) in [5, 5.41) is 3.77. The highest BCUT2D eigenvalue weighted by molar-refractivity contribution is 5.82. The SMILES string of the molecule is COc1ccc2c(c1)[C@@H](Nc1ncnc3nc[nH]c13)C[C@@H]1[C@@H]2CC[C@]2(C)CCC[C@@H]12. The van der Waals surface area contributed by atoms with Gasteiger partial charge in [0.15, 0.2) is 11.5 Å². The zero-order valence-corrected chi connectivity index (χ0v) is 17.7. The van der Waals surface area contributed by atoms with Crippen molar-refractivity contribution >= 4 is 17.0 Å². The predicted molar refractivity (Wildman–Crippen MR) is 117 cm³/mol. The molecule has 6 rings (SSSR count). The van der Waals surface area contributed by atoms with E-state index in [1.165, 1.54) is 43.2 Å². The molecule has 2 fully saturated rings. The Hall–Kier alpha value is -2.63. The first kappa shape index (κ1) is 18.2. The maximum absolute atomic E-state index is 5.59. The molecule has 2 heterocycles. The normalized spacial score (nSPS) is 32.3. The van der Waals surface area contributed by atoms with Crippen LogP contribution in [0, 0.1) is 17.3 Å². The van der Waals surface area contributed by atoms with Crippen LogP contribution < -0.4 is 10.1 Å². The number of anilines is 1. The van der Waals surface area contributed by atoms with Gasteiger partial charge in [-0.2, -0.15) is 0 Å². The Morgan fingerprint density at radius 2 is 2.07 bits per heavy atom. The highest BCUT2D eigenvalue weighted by Crippen LogP contribution is 2.62. The van der Waals surface area contributed by atoms with Crippen molar-refractivity contribution in [1.82, 2.24) is 19.9 Å². The van der Waals surface area contributed by atoms with Gasteiger partial charge < -0.3 is 15.0 Å². The van der Waals surface area contributed by atoms with E-state index in [1.54, 1.807) is 19.8 Å². The van der Waals surface area contributed by atoms with E-state index >= 15 is 0 Å². The van der Waals surface area contributed by atoms with E-state index < -0.39 is 0 Å². The number of aromatic amines is 1. The Labute approximate surface area is 176 Å². The number of methoxy groups -OCH3 is 1. The van der Waals surface area contributed by atoms with Crippen LogP contribution in [0.5, 0.6) is 5.75 Å². The molecule has 0 amide bonds. The number of hydrogen-bond donors (Lipinski definition) is 2. The minimum Gasteiger partial charge on any atom is -0.497 e. The van der Waals surface area contributed by atoms with Gasteiger partial charge in [-0.3, -0.25) is 0 Å². The van der Waals surface area contributed by atoms with E-state index in [0.29, 0.717) is 17.0 Å². The topological polar surface area (TPSA) is 75.7 Å². The molecule has 0 unspecified atom stereocenters. The number of ether oxygens (including phenoxy) is 1. The lowest BCUT2D eigenvalue weighted by molar-refractivity contribution is 0.0556. The van der Waals surface area contributed by atoms with Crippen LogP contribution >= 0.6 is 0 Å². The zero-order valence-electron chi connectivity index (χ0n) is 17.7. The molecule has 3 aliphatic rings. The molecule has 0 radical (unpaired) electrons. The standard InChI is InChI=1S/C24H29N5O/c1-24-8-3-4-19(24)17-11-20(29-23-21-22(26-12-25-21)27-13-28-23)18-10-14(30-2)5-6-15(18)16(17)7-9-24/h5-6,10,12-13,16-17,19-20H,3-4,7-9,11H2,1-2H3,(H2,25,26,27,28,29)/t16-,17-,19+,20+,24+/m1/s1. The molecular weight excluding hydrogens is 374 g/mol. The molecule has 3 aromatic rings. The lowest BCUT2D eigenvalue weighted by Crippen LogP contribution is -2.41. The third-order valence-corrected chi connectivity index (χ3v) is 8.33. The van der Waals surface area contributed by atoms with Crippen LogP contribution in [0.2, 0.25) is 0 Å². The number of H-pyrrole nitrogens is 1. The second-order valence-corrected chi connectivity index (χ2v) is 9.71. The van der Waals surface area contributed by atoms with E-state index in [2.05, 4.69) is 50.4 Å². The van der Waals surface area contributed by atoms with Crippen molar-refractivity contribution in [2.75, 3.05) is 12.4 Å². The van der Waals surface area contributed by atoms with Gasteiger partial charge in [-0.05, 0) is 78.5 Å². The largest absolute Gasteiger partial charge is 0.497 e. The number of hydrogen-bond acceptors (Lipinski definition) is 5. The average Bonchev–Trinajstić information content (AvgIpc) is 3.40. The molecule has 0 aliphatic heterocycles. The van der Waals surface area contributed by atoms with Crippen molar-refractivity contribution in [3.63, 3.8) is 0 Å². The highest BCUT2D eigenvalue weighted by atomic mass is 16.5. The van der Waals surface area contributed by atoms with E-state index in [4.69, 9.17) is 4.74 Å². The molecule has 2 aromatic heterocycles. The monoisotopic (exact) mass is 403 g/mol. The lowest BCUT2D eigenvalue weighted by atomic mass is 9.55. The maximum atomic E-state index is 5.59. The van der Waals surface area contributed by atoms with Gasteiger partial charge in [0, 0.05) is 0 Å². The van der Waals surface area contributed by atoms with Gasteiger partial charge >= 0.3 is 0 Å². The van der Waals surface area contributed by atoms with Crippen LogP contribution in [0.3, 0.4) is 0 Å². The molecule has 156 valence electrons. The van der Waals surface area contributed by atoms with Crippen LogP contribution in [0.25, 0.3) is 11.2 Å². The van der Waals surface area contributed by atoms with E-state index in [-0.39, 0.29) is 6.04 Å². The molecule has 1 aromatic carbocycles. The number of imidazole rings is 1. The van der Waals surface area contributed by atoms with E-state index in [1.807, 2.05) is 0 Å². The Balaban J connectivity index is 1.43. The average molecular weight is 404 g/mol. The summed E-state index contributed by atoms with van der Waals surface area (Å²) >= 11 is 0. The summed E-state index contributed by atoms with van der Waals surface area (Å²) in [5.74, 6) is 3.98. The Morgan fingerprint density at radius 1 is 1.13 bits per heavy atom. The number of benzene rings is 1. The summed E-state index contributed by atoms with van der Waals surface area (Å²) in [6.45, 7) is 2.55. The van der Waals surface area contributed by atoms with Crippen LogP contribution in [-0.4, -0.2) is 27.0 Å². The van der Waals surface area contributed by atoms with Gasteiger partial charge in [0.1, 0.15) is 17.6 Å². The third-order valence-electron chi connectivity index (χ3n) is 8.33. The summed E-state index contributed by atoms with van der Waals surface area (Å²) in [4.78, 5) is 16.3. The minimum atomic E-state index is 0.209. The molecule has 5 atom stereocenters. The van der Waals surface area contributed by atoms with Crippen molar-refractivity contribution in [1.29, 1.82) is 0 Å². The van der Waals surface area contributed by atoms with Gasteiger partial charge in [-0.15, -0.1) is 0 Å². The number of fused-ring (bicyclic) bond motifs is 6. The van der Waals surface area contributed by atoms with Crippen LogP contribution in [0.1, 0.15) is 68.5 Å². The van der Waals surface area contributed by atoms with Crippen molar-refractivity contribution in [2.45, 2.75) is 57.4 Å². The molecule has 0 saturated heterocycles. The number of nitrogens with one attached hydrogen (secondary N) is 2. The number of nitrogens with zero attached hydrogens (tertiary/aromatic N) is 3. The van der Waals surface area contributed by atoms with Crippen molar-refractivity contribution in [3.8, 4) is 5.75 Å². The Morgan fingerprint density at radius 3 is 2.97 bits per heavy atom. The van der Waals surface area contributed by atoms with Crippen LogP contribution in [0.15, 0.2) is 30.9 Å². The third kappa shape index (κ3) is 2.65. The van der Waals surface area contributed by atoms with Gasteiger partial charge in [-0.25, -0.2) is 15.0 Å². The fourth-order valence-electron chi connectivity index (χ4n) is 6.89. The fourth-order valence-corrected chi connectivity index (χ4v) is 6.89. The first-order valence-electron chi connectivity index (χ1n) is 11.2. The number of aromatic nitrogens is 4. The van der Waals surface area contributed by atoms with Crippen LogP contribution in [0.4, 0.5) is 5.82 Å². The fraction of sp³-hybridized carbons (Fsp3) is 0.542. The molecule has 0 spiro atoms. The summed E-state index contributed by atoms with van der Waals surface area (Å²) in [5.41, 5.74) is 4.98. The van der Waals surface area contributed by atoms with Gasteiger partial charge in [-0.1, -0.05) is 19.4 Å². The van der Waals surface area contributed by atoms with Crippen molar-refractivity contribution in [2.24, 2.45) is 17.3 Å². The van der Waals surface area contributed by atoms with E-state index in [0.717, 1.165) is 35.3 Å². The van der Waals surface area contributed by atoms with Gasteiger partial charge in [0.05, 0.1) is 19.5 Å². The highest BCUT2D eigenvalue weighted by Gasteiger charge is 2.51. The molecule has 3 aliphatic carbocycles. The Bertz CT molecular complexity index is 1090. The summed E-state index contributed by atoms with van der Waals surface area (Å²) in [7, 11) is 1.75. The first-order chi connectivity index (χ1) is 14.7. The Kier molecular flexibility index (Phi) is 4.05. The van der Waals surface area contributed by atoms with Crippen molar-refractivity contribution < 1.29 is 4.74 Å². The second kappa shape index (κ2) is 6.69. The molecule has 2 N–H and O–H groups in total. The molecule has 6 heteroatoms. The van der Waals surface area contributed by atoms with Gasteiger partial charge in [0.25, 0.3) is 0 Å². The molecule has 2 saturated carbocycles. The summed E-state index contributed by atoms with van der Waals surface area (Å²) in [6.07, 6.45) is 11.3. The second-order valence-electron chi connectivity index (χ2n) is 9.71. The maximum Gasteiger partial charge on any atom is 0.182 e. The zero-order chi connectivity index (χ0) is 20.3. The van der Waals surface area contributed by atoms with Crippen LogP contribution in [-0.2, 0) is 0 Å². The van der Waals surface area contributed by atoms with Gasteiger partial charge in [0.2, 0.25) is 0 Å². The van der Waals surface area contributed by atoms with Crippen molar-refractivity contribution in [3.05, 3.63) is 42.0 Å². The molecule has 0 bridgehead atoms. The smallest absolute Gasteiger partial charge is 0.182 e. The summed E-state index contributed by atoms with van der Waals surface area (Å²) < 4.78 is 5.59. The number of rotatable bonds is 3. The quantitative estimate of drug-likeness (QED) is 0.627. The summed E-state index contributed by atoms with van der Waals surface area (Å²) in [6, 6.07) is 6.90. The first-order valence-corrected chi connectivity index (χ1v) is 11.2. The molecule has 30 heavy (non-hydrogen) atoms. The van der Waals surface area contributed by atoms with E-state index in [9.17, 15) is 0 Å². The predicted octanol–water partition coefficient (Wildman–Crippen LogP) is 5.22. The molecular formula is C24H29N5O. The lowest BCUT2D eigenvalue weighted by Gasteiger charge is -2.51. The minimum absolute atomic E-state index is 0.209. The molecule has 6 nitrogen and oxygen atoms in total.